The molecule has 1 aliphatic carbocycles. The molecule has 2 aromatic rings. The summed E-state index contributed by atoms with van der Waals surface area (Å²) in [5, 5.41) is 3.06. The number of carbonyl (C=O) groups is 1. The Kier molecular flexibility index (Phi) is 4.55. The summed E-state index contributed by atoms with van der Waals surface area (Å²) in [4.78, 5) is 14.9. The number of ether oxygens (including phenoxy) is 1. The van der Waals surface area contributed by atoms with Crippen molar-refractivity contribution in [3.8, 4) is 11.1 Å². The number of nitrogens with zero attached hydrogens (tertiary/aromatic N) is 1. The standard InChI is InChI=1S/C23H25FN2O2/c24-20-4-2-1-3-18(20)17-6-5-15-7-8-21(19(15)13-17)25-23(27)28-22-14-26-11-9-16(22)10-12-26/h1-6,13,16,21-22H,7-12,14H2,(H,25,27)/t21?,22-/m0/s1. The molecule has 6 rings (SSSR count). The lowest BCUT2D eigenvalue weighted by molar-refractivity contribution is -0.0339. The summed E-state index contributed by atoms with van der Waals surface area (Å²) in [6.45, 7) is 3.11. The van der Waals surface area contributed by atoms with E-state index in [4.69, 9.17) is 4.74 Å². The molecule has 3 saturated heterocycles. The minimum atomic E-state index is -0.326. The fraction of sp³-hybridized carbons (Fsp3) is 0.435. The van der Waals surface area contributed by atoms with Crippen LogP contribution in [0.1, 0.15) is 36.4 Å². The molecule has 3 heterocycles. The molecular weight excluding hydrogens is 355 g/mol. The summed E-state index contributed by atoms with van der Waals surface area (Å²) in [6, 6.07) is 12.8. The third-order valence-electron chi connectivity index (χ3n) is 6.56. The SMILES string of the molecule is O=C(NC1CCc2ccc(-c3ccccc3F)cc21)O[C@H]1CN2CCC1CC2. The molecule has 2 aromatic carbocycles. The quantitative estimate of drug-likeness (QED) is 0.863. The Hall–Kier alpha value is -2.40. The van der Waals surface area contributed by atoms with Gasteiger partial charge in [-0.05, 0) is 73.5 Å². The summed E-state index contributed by atoms with van der Waals surface area (Å²) < 4.78 is 20.0. The van der Waals surface area contributed by atoms with Crippen LogP contribution in [0.2, 0.25) is 0 Å². The Morgan fingerprint density at radius 2 is 1.93 bits per heavy atom. The van der Waals surface area contributed by atoms with Gasteiger partial charge in [0.25, 0.3) is 0 Å². The lowest BCUT2D eigenvalue weighted by Gasteiger charge is -2.43. The molecule has 5 heteroatoms. The van der Waals surface area contributed by atoms with Gasteiger partial charge < -0.3 is 10.1 Å². The smallest absolute Gasteiger partial charge is 0.407 e. The molecule has 28 heavy (non-hydrogen) atoms. The van der Waals surface area contributed by atoms with Crippen molar-refractivity contribution >= 4 is 6.09 Å². The van der Waals surface area contributed by atoms with Crippen molar-refractivity contribution in [1.29, 1.82) is 0 Å². The molecular formula is C23H25FN2O2. The number of piperidine rings is 3. The van der Waals surface area contributed by atoms with Crippen LogP contribution in [-0.4, -0.2) is 36.7 Å². The Bertz CT molecular complexity index is 892. The van der Waals surface area contributed by atoms with E-state index in [1.165, 1.54) is 11.6 Å². The van der Waals surface area contributed by atoms with Crippen molar-refractivity contribution in [3.05, 3.63) is 59.4 Å². The van der Waals surface area contributed by atoms with Crippen LogP contribution in [0.3, 0.4) is 0 Å². The number of halogens is 1. The Morgan fingerprint density at radius 1 is 1.11 bits per heavy atom. The summed E-state index contributed by atoms with van der Waals surface area (Å²) in [6.07, 6.45) is 3.69. The molecule has 3 aliphatic heterocycles. The van der Waals surface area contributed by atoms with Gasteiger partial charge in [0.05, 0.1) is 6.04 Å². The van der Waals surface area contributed by atoms with Crippen LogP contribution in [0.25, 0.3) is 11.1 Å². The number of amides is 1. The lowest BCUT2D eigenvalue weighted by atomic mass is 9.86. The van der Waals surface area contributed by atoms with Crippen molar-refractivity contribution in [3.63, 3.8) is 0 Å². The second kappa shape index (κ2) is 7.21. The minimum absolute atomic E-state index is 0.00752. The van der Waals surface area contributed by atoms with Crippen LogP contribution in [0.5, 0.6) is 0 Å². The van der Waals surface area contributed by atoms with Gasteiger partial charge in [-0.25, -0.2) is 9.18 Å². The molecule has 4 aliphatic rings. The first kappa shape index (κ1) is 17.7. The van der Waals surface area contributed by atoms with Crippen molar-refractivity contribution < 1.29 is 13.9 Å². The van der Waals surface area contributed by atoms with Gasteiger partial charge in [0, 0.05) is 12.1 Å². The van der Waals surface area contributed by atoms with Crippen LogP contribution < -0.4 is 5.32 Å². The largest absolute Gasteiger partial charge is 0.445 e. The topological polar surface area (TPSA) is 41.6 Å². The molecule has 4 nitrogen and oxygen atoms in total. The third kappa shape index (κ3) is 3.28. The first-order valence-corrected chi connectivity index (χ1v) is 10.2. The van der Waals surface area contributed by atoms with E-state index >= 15 is 0 Å². The predicted octanol–water partition coefficient (Wildman–Crippen LogP) is 4.30. The van der Waals surface area contributed by atoms with Crippen molar-refractivity contribution in [2.24, 2.45) is 5.92 Å². The lowest BCUT2D eigenvalue weighted by Crippen LogP contribution is -2.52. The highest BCUT2D eigenvalue weighted by molar-refractivity contribution is 5.70. The average Bonchev–Trinajstić information content (AvgIpc) is 3.11. The van der Waals surface area contributed by atoms with Gasteiger partial charge in [-0.1, -0.05) is 30.3 Å². The van der Waals surface area contributed by atoms with Crippen molar-refractivity contribution in [2.75, 3.05) is 19.6 Å². The van der Waals surface area contributed by atoms with Gasteiger partial charge in [0.1, 0.15) is 11.9 Å². The number of aryl methyl sites for hydroxylation is 1. The maximum Gasteiger partial charge on any atom is 0.407 e. The summed E-state index contributed by atoms with van der Waals surface area (Å²) in [5.41, 5.74) is 3.72. The van der Waals surface area contributed by atoms with Crippen LogP contribution >= 0.6 is 0 Å². The van der Waals surface area contributed by atoms with Gasteiger partial charge in [-0.15, -0.1) is 0 Å². The average molecular weight is 380 g/mol. The first-order chi connectivity index (χ1) is 13.7. The number of hydrogen-bond acceptors (Lipinski definition) is 3. The minimum Gasteiger partial charge on any atom is -0.445 e. The normalized spacial score (nSPS) is 28.0. The van der Waals surface area contributed by atoms with Gasteiger partial charge >= 0.3 is 6.09 Å². The molecule has 1 unspecified atom stereocenters. The zero-order valence-electron chi connectivity index (χ0n) is 15.9. The molecule has 2 bridgehead atoms. The van der Waals surface area contributed by atoms with E-state index in [1.807, 2.05) is 18.2 Å². The van der Waals surface area contributed by atoms with Gasteiger partial charge in [-0.2, -0.15) is 0 Å². The van der Waals surface area contributed by atoms with Crippen molar-refractivity contribution in [1.82, 2.24) is 10.2 Å². The summed E-state index contributed by atoms with van der Waals surface area (Å²) >= 11 is 0. The van der Waals surface area contributed by atoms with Crippen LogP contribution in [0.4, 0.5) is 9.18 Å². The molecule has 2 atom stereocenters. The zero-order valence-corrected chi connectivity index (χ0v) is 15.9. The second-order valence-electron chi connectivity index (χ2n) is 8.21. The van der Waals surface area contributed by atoms with Gasteiger partial charge in [0.2, 0.25) is 0 Å². The van der Waals surface area contributed by atoms with E-state index in [1.54, 1.807) is 12.1 Å². The summed E-state index contributed by atoms with van der Waals surface area (Å²) in [5.74, 6) is 0.269. The number of nitrogens with one attached hydrogen (secondary N) is 1. The highest BCUT2D eigenvalue weighted by atomic mass is 19.1. The maximum atomic E-state index is 14.2. The number of rotatable bonds is 3. The van der Waals surface area contributed by atoms with E-state index in [0.717, 1.165) is 56.4 Å². The highest BCUT2D eigenvalue weighted by Gasteiger charge is 2.37. The molecule has 3 fully saturated rings. The zero-order chi connectivity index (χ0) is 19.1. The number of fused-ring (bicyclic) bond motifs is 4. The van der Waals surface area contributed by atoms with Crippen LogP contribution in [0.15, 0.2) is 42.5 Å². The Labute approximate surface area is 164 Å². The van der Waals surface area contributed by atoms with E-state index < -0.39 is 0 Å². The van der Waals surface area contributed by atoms with E-state index in [9.17, 15) is 9.18 Å². The fourth-order valence-corrected chi connectivity index (χ4v) is 4.97. The molecule has 1 N–H and O–H groups in total. The fourth-order valence-electron chi connectivity index (χ4n) is 4.97. The van der Waals surface area contributed by atoms with Crippen LogP contribution in [0, 0.1) is 11.7 Å². The molecule has 1 amide bonds. The summed E-state index contributed by atoms with van der Waals surface area (Å²) in [7, 11) is 0. The molecule has 0 aromatic heterocycles. The van der Waals surface area contributed by atoms with Crippen LogP contribution in [-0.2, 0) is 11.2 Å². The number of carbonyl (C=O) groups excluding carboxylic acids is 1. The number of hydrogen-bond donors (Lipinski definition) is 1. The van der Waals surface area contributed by atoms with Gasteiger partial charge in [-0.3, -0.25) is 4.90 Å². The molecule has 0 saturated carbocycles. The van der Waals surface area contributed by atoms with E-state index in [2.05, 4.69) is 16.3 Å². The molecule has 146 valence electrons. The third-order valence-corrected chi connectivity index (χ3v) is 6.56. The number of benzene rings is 2. The molecule has 0 radical (unpaired) electrons. The first-order valence-electron chi connectivity index (χ1n) is 10.2. The van der Waals surface area contributed by atoms with Crippen molar-refractivity contribution in [2.45, 2.75) is 37.8 Å². The Morgan fingerprint density at radius 3 is 2.68 bits per heavy atom. The van der Waals surface area contributed by atoms with E-state index in [0.29, 0.717) is 11.5 Å². The van der Waals surface area contributed by atoms with E-state index in [-0.39, 0.29) is 24.1 Å². The molecule has 0 spiro atoms. The predicted molar refractivity (Wildman–Crippen MR) is 105 cm³/mol. The second-order valence-corrected chi connectivity index (χ2v) is 8.21. The number of alkyl carbamates (subject to hydrolysis) is 1. The highest BCUT2D eigenvalue weighted by Crippen LogP contribution is 2.35. The maximum absolute atomic E-state index is 14.2. The Balaban J connectivity index is 1.30. The monoisotopic (exact) mass is 380 g/mol. The van der Waals surface area contributed by atoms with Gasteiger partial charge in [0.15, 0.2) is 0 Å².